The van der Waals surface area contributed by atoms with Crippen LogP contribution in [0.5, 0.6) is 0 Å². The van der Waals surface area contributed by atoms with Crippen LogP contribution in [0.25, 0.3) is 10.2 Å². The molecule has 18 heavy (non-hydrogen) atoms. The van der Waals surface area contributed by atoms with E-state index in [2.05, 4.69) is 32.6 Å². The normalized spacial score (nSPS) is 10.7. The predicted octanol–water partition coefficient (Wildman–Crippen LogP) is 3.01. The molecule has 4 nitrogen and oxygen atoms in total. The first kappa shape index (κ1) is 11.1. The van der Waals surface area contributed by atoms with Crippen molar-refractivity contribution in [2.24, 2.45) is 0 Å². The average Bonchev–Trinajstić information content (AvgIpc) is 2.80. The quantitative estimate of drug-likeness (QED) is 0.782. The minimum atomic E-state index is 0.740. The van der Waals surface area contributed by atoms with Crippen molar-refractivity contribution in [3.63, 3.8) is 0 Å². The number of hydrogen-bond acceptors (Lipinski definition) is 5. The summed E-state index contributed by atoms with van der Waals surface area (Å²) in [6.45, 7) is 2.82. The lowest BCUT2D eigenvalue weighted by atomic mass is 10.2. The average molecular weight is 256 g/mol. The molecular formula is C13H12N4S. The Labute approximate surface area is 109 Å². The summed E-state index contributed by atoms with van der Waals surface area (Å²) in [4.78, 5) is 13.6. The number of nitrogens with zero attached hydrogens (tertiary/aromatic N) is 3. The van der Waals surface area contributed by atoms with Gasteiger partial charge in [-0.05, 0) is 35.6 Å². The van der Waals surface area contributed by atoms with E-state index in [1.807, 2.05) is 12.1 Å². The first-order valence-electron chi connectivity index (χ1n) is 5.66. The van der Waals surface area contributed by atoms with Gasteiger partial charge in [0.1, 0.15) is 17.0 Å². The predicted molar refractivity (Wildman–Crippen MR) is 73.7 cm³/mol. The molecule has 90 valence electrons. The fraction of sp³-hybridized carbons (Fsp3) is 0.154. The van der Waals surface area contributed by atoms with Crippen molar-refractivity contribution in [1.82, 2.24) is 15.0 Å². The van der Waals surface area contributed by atoms with Crippen molar-refractivity contribution in [2.45, 2.75) is 13.5 Å². The van der Waals surface area contributed by atoms with Gasteiger partial charge in [-0.25, -0.2) is 9.97 Å². The molecule has 0 saturated heterocycles. The maximum atomic E-state index is 4.32. The molecule has 0 aliphatic rings. The third kappa shape index (κ3) is 2.04. The topological polar surface area (TPSA) is 50.7 Å². The van der Waals surface area contributed by atoms with Crippen LogP contribution in [0.2, 0.25) is 0 Å². The number of fused-ring (bicyclic) bond motifs is 1. The van der Waals surface area contributed by atoms with E-state index in [4.69, 9.17) is 0 Å². The fourth-order valence-corrected chi connectivity index (χ4v) is 2.73. The van der Waals surface area contributed by atoms with Gasteiger partial charge in [0.2, 0.25) is 0 Å². The van der Waals surface area contributed by atoms with Crippen LogP contribution in [0.4, 0.5) is 5.82 Å². The lowest BCUT2D eigenvalue weighted by Crippen LogP contribution is -2.02. The highest BCUT2D eigenvalue weighted by Crippen LogP contribution is 2.28. The zero-order chi connectivity index (χ0) is 12.4. The Bertz CT molecular complexity index is 663. The monoisotopic (exact) mass is 256 g/mol. The van der Waals surface area contributed by atoms with Crippen molar-refractivity contribution in [1.29, 1.82) is 0 Å². The minimum Gasteiger partial charge on any atom is -0.365 e. The van der Waals surface area contributed by atoms with E-state index < -0.39 is 0 Å². The number of anilines is 1. The summed E-state index contributed by atoms with van der Waals surface area (Å²) in [7, 11) is 0. The number of aryl methyl sites for hydroxylation is 1. The van der Waals surface area contributed by atoms with Crippen molar-refractivity contribution >= 4 is 27.4 Å². The first-order valence-corrected chi connectivity index (χ1v) is 6.54. The van der Waals surface area contributed by atoms with Gasteiger partial charge in [-0.3, -0.25) is 4.98 Å². The molecule has 3 aromatic rings. The van der Waals surface area contributed by atoms with E-state index in [-0.39, 0.29) is 0 Å². The van der Waals surface area contributed by atoms with E-state index >= 15 is 0 Å². The fourth-order valence-electron chi connectivity index (χ4n) is 1.84. The molecular weight excluding hydrogens is 244 g/mol. The largest absolute Gasteiger partial charge is 0.365 e. The highest BCUT2D eigenvalue weighted by molar-refractivity contribution is 7.17. The van der Waals surface area contributed by atoms with E-state index in [0.717, 1.165) is 22.6 Å². The van der Waals surface area contributed by atoms with Gasteiger partial charge in [0, 0.05) is 18.9 Å². The molecule has 3 heterocycles. The van der Waals surface area contributed by atoms with Gasteiger partial charge >= 0.3 is 0 Å². The van der Waals surface area contributed by atoms with Gasteiger partial charge in [-0.15, -0.1) is 11.3 Å². The summed E-state index contributed by atoms with van der Waals surface area (Å²) in [5.74, 6) is 0.899. The van der Waals surface area contributed by atoms with Crippen molar-refractivity contribution < 1.29 is 0 Å². The molecule has 0 amide bonds. The molecule has 0 aliphatic heterocycles. The molecule has 3 aromatic heterocycles. The summed E-state index contributed by atoms with van der Waals surface area (Å²) in [6, 6.07) is 3.98. The molecule has 0 saturated carbocycles. The Morgan fingerprint density at radius 2 is 2.06 bits per heavy atom. The van der Waals surface area contributed by atoms with Gasteiger partial charge < -0.3 is 5.32 Å². The second-order valence-corrected chi connectivity index (χ2v) is 4.89. The second kappa shape index (κ2) is 4.70. The van der Waals surface area contributed by atoms with Crippen LogP contribution >= 0.6 is 11.3 Å². The summed E-state index contributed by atoms with van der Waals surface area (Å²) in [5.41, 5.74) is 2.40. The van der Waals surface area contributed by atoms with Gasteiger partial charge in [0.25, 0.3) is 0 Å². The van der Waals surface area contributed by atoms with Gasteiger partial charge in [0.15, 0.2) is 0 Å². The summed E-state index contributed by atoms with van der Waals surface area (Å²) in [6.07, 6.45) is 5.19. The zero-order valence-corrected chi connectivity index (χ0v) is 10.7. The standard InChI is InChI=1S/C13H12N4S/c1-9-7-18-13-11(9)12(16-8-17-13)15-6-10-2-4-14-5-3-10/h2-5,7-8H,6H2,1H3,(H,15,16,17). The first-order chi connectivity index (χ1) is 8.84. The van der Waals surface area contributed by atoms with E-state index in [1.54, 1.807) is 30.1 Å². The molecule has 0 radical (unpaired) electrons. The minimum absolute atomic E-state index is 0.740. The Morgan fingerprint density at radius 1 is 1.22 bits per heavy atom. The lowest BCUT2D eigenvalue weighted by molar-refractivity contribution is 1.09. The third-order valence-electron chi connectivity index (χ3n) is 2.76. The van der Waals surface area contributed by atoms with Crippen LogP contribution in [0.3, 0.4) is 0 Å². The molecule has 0 unspecified atom stereocenters. The maximum absolute atomic E-state index is 4.32. The Hall–Kier alpha value is -2.01. The molecule has 0 spiro atoms. The lowest BCUT2D eigenvalue weighted by Gasteiger charge is -2.06. The van der Waals surface area contributed by atoms with E-state index in [1.165, 1.54) is 11.1 Å². The zero-order valence-electron chi connectivity index (χ0n) is 9.92. The molecule has 0 aromatic carbocycles. The SMILES string of the molecule is Cc1csc2ncnc(NCc3ccncc3)c12. The highest BCUT2D eigenvalue weighted by atomic mass is 32.1. The second-order valence-electron chi connectivity index (χ2n) is 4.03. The number of pyridine rings is 1. The van der Waals surface area contributed by atoms with E-state index in [0.29, 0.717) is 0 Å². The molecule has 5 heteroatoms. The number of rotatable bonds is 3. The van der Waals surface area contributed by atoms with Gasteiger partial charge in [-0.1, -0.05) is 0 Å². The Kier molecular flexibility index (Phi) is 2.90. The highest BCUT2D eigenvalue weighted by Gasteiger charge is 2.07. The molecule has 0 fully saturated rings. The van der Waals surface area contributed by atoms with Gasteiger partial charge in [0.05, 0.1) is 5.39 Å². The third-order valence-corrected chi connectivity index (χ3v) is 3.77. The Balaban J connectivity index is 1.89. The van der Waals surface area contributed by atoms with Crippen LogP contribution in [0.15, 0.2) is 36.2 Å². The summed E-state index contributed by atoms with van der Waals surface area (Å²) in [5, 5.41) is 6.59. The number of nitrogens with one attached hydrogen (secondary N) is 1. The van der Waals surface area contributed by atoms with Crippen molar-refractivity contribution in [3.8, 4) is 0 Å². The Morgan fingerprint density at radius 3 is 2.89 bits per heavy atom. The van der Waals surface area contributed by atoms with Crippen LogP contribution in [0, 0.1) is 6.92 Å². The van der Waals surface area contributed by atoms with E-state index in [9.17, 15) is 0 Å². The molecule has 3 rings (SSSR count). The number of thiophene rings is 1. The van der Waals surface area contributed by atoms with Gasteiger partial charge in [-0.2, -0.15) is 0 Å². The molecule has 1 N–H and O–H groups in total. The van der Waals surface area contributed by atoms with Crippen LogP contribution < -0.4 is 5.32 Å². The smallest absolute Gasteiger partial charge is 0.138 e. The molecule has 0 aliphatic carbocycles. The number of hydrogen-bond donors (Lipinski definition) is 1. The van der Waals surface area contributed by atoms with Crippen molar-refractivity contribution in [2.75, 3.05) is 5.32 Å². The van der Waals surface area contributed by atoms with Crippen molar-refractivity contribution in [3.05, 3.63) is 47.4 Å². The van der Waals surface area contributed by atoms with Crippen LogP contribution in [-0.2, 0) is 6.54 Å². The van der Waals surface area contributed by atoms with Crippen LogP contribution in [0.1, 0.15) is 11.1 Å². The number of aromatic nitrogens is 3. The summed E-state index contributed by atoms with van der Waals surface area (Å²) >= 11 is 1.65. The molecule has 0 atom stereocenters. The summed E-state index contributed by atoms with van der Waals surface area (Å²) < 4.78 is 0. The molecule has 0 bridgehead atoms. The maximum Gasteiger partial charge on any atom is 0.138 e. The van der Waals surface area contributed by atoms with Crippen LogP contribution in [-0.4, -0.2) is 15.0 Å².